The Balaban J connectivity index is 1.75. The zero-order valence-electron chi connectivity index (χ0n) is 14.1. The van der Waals surface area contributed by atoms with E-state index in [1.54, 1.807) is 18.3 Å². The summed E-state index contributed by atoms with van der Waals surface area (Å²) in [6.45, 7) is 5.58. The number of aromatic nitrogens is 2. The van der Waals surface area contributed by atoms with Crippen LogP contribution in [0.2, 0.25) is 0 Å². The largest absolute Gasteiger partial charge is 0.332 e. The van der Waals surface area contributed by atoms with E-state index in [9.17, 15) is 8.42 Å². The number of halogens is 1. The van der Waals surface area contributed by atoms with Crippen LogP contribution in [0.4, 0.5) is 0 Å². The zero-order chi connectivity index (χ0) is 18.0. The molecule has 3 heterocycles. The van der Waals surface area contributed by atoms with Gasteiger partial charge in [0.15, 0.2) is 0 Å². The molecule has 0 saturated carbocycles. The predicted octanol–water partition coefficient (Wildman–Crippen LogP) is 4.04. The average molecular weight is 442 g/mol. The number of fused-ring (bicyclic) bond motifs is 1. The summed E-state index contributed by atoms with van der Waals surface area (Å²) in [6, 6.07) is 7.30. The fraction of sp³-hybridized carbons (Fsp3) is 0.353. The number of hydrogen-bond donors (Lipinski definition) is 1. The van der Waals surface area contributed by atoms with Crippen molar-refractivity contribution in [2.45, 2.75) is 31.0 Å². The second-order valence-corrected chi connectivity index (χ2v) is 10.7. The van der Waals surface area contributed by atoms with Gasteiger partial charge in [-0.3, -0.25) is 0 Å². The van der Waals surface area contributed by atoms with E-state index in [-0.39, 0.29) is 0 Å². The number of rotatable bonds is 7. The normalized spacial score (nSPS) is 12.3. The van der Waals surface area contributed by atoms with E-state index < -0.39 is 10.0 Å². The summed E-state index contributed by atoms with van der Waals surface area (Å²) >= 11 is 4.50. The van der Waals surface area contributed by atoms with E-state index in [0.717, 1.165) is 26.9 Å². The summed E-state index contributed by atoms with van der Waals surface area (Å²) in [7, 11) is -3.46. The highest BCUT2D eigenvalue weighted by Gasteiger charge is 2.17. The SMILES string of the molecule is CC(C)Cn1cc(CCNS(=O)(=O)c2ccc(Br)s2)c2cccnc21. The first-order valence-corrected chi connectivity index (χ1v) is 11.1. The van der Waals surface area contributed by atoms with Gasteiger partial charge >= 0.3 is 0 Å². The molecule has 1 N–H and O–H groups in total. The highest BCUT2D eigenvalue weighted by Crippen LogP contribution is 2.26. The predicted molar refractivity (Wildman–Crippen MR) is 105 cm³/mol. The minimum atomic E-state index is -3.46. The van der Waals surface area contributed by atoms with Gasteiger partial charge in [0.05, 0.1) is 3.79 Å². The standard InChI is InChI=1S/C17H20BrN3O2S2/c1-12(2)10-21-11-13(14-4-3-8-19-17(14)21)7-9-20-25(22,23)16-6-5-15(18)24-16/h3-6,8,11-12,20H,7,9-10H2,1-2H3. The van der Waals surface area contributed by atoms with Crippen molar-refractivity contribution in [3.63, 3.8) is 0 Å². The molecule has 0 aliphatic heterocycles. The Morgan fingerprint density at radius 1 is 1.32 bits per heavy atom. The third-order valence-electron chi connectivity index (χ3n) is 3.78. The number of pyridine rings is 1. The lowest BCUT2D eigenvalue weighted by molar-refractivity contribution is 0.532. The van der Waals surface area contributed by atoms with Crippen molar-refractivity contribution in [2.75, 3.05) is 6.54 Å². The molecule has 0 spiro atoms. The lowest BCUT2D eigenvalue weighted by Gasteiger charge is -2.06. The Morgan fingerprint density at radius 3 is 2.80 bits per heavy atom. The van der Waals surface area contributed by atoms with Gasteiger partial charge < -0.3 is 4.57 Å². The average Bonchev–Trinajstić information content (AvgIpc) is 3.13. The number of thiophene rings is 1. The van der Waals surface area contributed by atoms with E-state index in [0.29, 0.717) is 23.1 Å². The minimum absolute atomic E-state index is 0.322. The van der Waals surface area contributed by atoms with Crippen LogP contribution in [-0.2, 0) is 23.0 Å². The molecule has 0 unspecified atom stereocenters. The highest BCUT2D eigenvalue weighted by molar-refractivity contribution is 9.11. The van der Waals surface area contributed by atoms with Crippen molar-refractivity contribution in [2.24, 2.45) is 5.92 Å². The molecule has 0 aromatic carbocycles. The van der Waals surface area contributed by atoms with Crippen LogP contribution in [-0.4, -0.2) is 24.5 Å². The van der Waals surface area contributed by atoms with Crippen LogP contribution in [0.25, 0.3) is 11.0 Å². The number of nitrogens with one attached hydrogen (secondary N) is 1. The molecular weight excluding hydrogens is 422 g/mol. The molecule has 0 radical (unpaired) electrons. The lowest BCUT2D eigenvalue weighted by Crippen LogP contribution is -2.25. The second kappa shape index (κ2) is 7.57. The zero-order valence-corrected chi connectivity index (χ0v) is 17.3. The summed E-state index contributed by atoms with van der Waals surface area (Å²) in [5.41, 5.74) is 2.06. The Bertz CT molecular complexity index is 977. The molecular formula is C17H20BrN3O2S2. The number of sulfonamides is 1. The maximum atomic E-state index is 12.3. The number of nitrogens with zero attached hydrogens (tertiary/aromatic N) is 2. The van der Waals surface area contributed by atoms with E-state index >= 15 is 0 Å². The lowest BCUT2D eigenvalue weighted by atomic mass is 10.2. The molecule has 25 heavy (non-hydrogen) atoms. The van der Waals surface area contributed by atoms with Gasteiger partial charge in [-0.1, -0.05) is 13.8 Å². The van der Waals surface area contributed by atoms with Crippen molar-refractivity contribution >= 4 is 48.3 Å². The first-order valence-electron chi connectivity index (χ1n) is 8.04. The van der Waals surface area contributed by atoms with Crippen LogP contribution >= 0.6 is 27.3 Å². The first kappa shape index (κ1) is 18.6. The smallest absolute Gasteiger partial charge is 0.250 e. The fourth-order valence-electron chi connectivity index (χ4n) is 2.76. The van der Waals surface area contributed by atoms with E-state index in [1.807, 2.05) is 12.1 Å². The number of hydrogen-bond acceptors (Lipinski definition) is 4. The molecule has 3 aromatic heterocycles. The van der Waals surface area contributed by atoms with Gasteiger partial charge in [0.1, 0.15) is 9.86 Å². The van der Waals surface area contributed by atoms with E-state index in [2.05, 4.69) is 50.2 Å². The Kier molecular flexibility index (Phi) is 5.62. The van der Waals surface area contributed by atoms with Crippen molar-refractivity contribution in [1.82, 2.24) is 14.3 Å². The summed E-state index contributed by atoms with van der Waals surface area (Å²) in [4.78, 5) is 4.48. The van der Waals surface area contributed by atoms with Gasteiger partial charge in [0, 0.05) is 30.9 Å². The van der Waals surface area contributed by atoms with Crippen LogP contribution in [0, 0.1) is 5.92 Å². The molecule has 0 fully saturated rings. The van der Waals surface area contributed by atoms with Gasteiger partial charge in [-0.2, -0.15) is 0 Å². The fourth-order valence-corrected chi connectivity index (χ4v) is 5.85. The maximum Gasteiger partial charge on any atom is 0.250 e. The van der Waals surface area contributed by atoms with Crippen LogP contribution in [0.5, 0.6) is 0 Å². The highest BCUT2D eigenvalue weighted by atomic mass is 79.9. The Morgan fingerprint density at radius 2 is 2.12 bits per heavy atom. The molecule has 0 bridgehead atoms. The van der Waals surface area contributed by atoms with Gasteiger partial charge in [-0.25, -0.2) is 18.1 Å². The third-order valence-corrected chi connectivity index (χ3v) is 7.35. The molecule has 0 amide bonds. The van der Waals surface area contributed by atoms with Crippen LogP contribution in [0.15, 0.2) is 44.7 Å². The topological polar surface area (TPSA) is 64.0 Å². The molecule has 3 rings (SSSR count). The summed E-state index contributed by atoms with van der Waals surface area (Å²) < 4.78 is 30.6. The van der Waals surface area contributed by atoms with E-state index in [4.69, 9.17) is 0 Å². The van der Waals surface area contributed by atoms with Crippen LogP contribution in [0.1, 0.15) is 19.4 Å². The molecule has 0 aliphatic carbocycles. The molecule has 0 atom stereocenters. The Labute approximate surface area is 160 Å². The van der Waals surface area contributed by atoms with Crippen LogP contribution < -0.4 is 4.72 Å². The van der Waals surface area contributed by atoms with Gasteiger partial charge in [-0.15, -0.1) is 11.3 Å². The quantitative estimate of drug-likeness (QED) is 0.601. The summed E-state index contributed by atoms with van der Waals surface area (Å²) in [5.74, 6) is 0.515. The van der Waals surface area contributed by atoms with Crippen LogP contribution in [0.3, 0.4) is 0 Å². The molecule has 0 saturated heterocycles. The maximum absolute atomic E-state index is 12.3. The van der Waals surface area contributed by atoms with Gasteiger partial charge in [0.2, 0.25) is 10.0 Å². The Hall–Kier alpha value is -1.22. The van der Waals surface area contributed by atoms with Crippen molar-refractivity contribution < 1.29 is 8.42 Å². The minimum Gasteiger partial charge on any atom is -0.332 e. The van der Waals surface area contributed by atoms with Gasteiger partial charge in [-0.05, 0) is 58.1 Å². The van der Waals surface area contributed by atoms with Crippen molar-refractivity contribution in [3.05, 3.63) is 46.0 Å². The monoisotopic (exact) mass is 441 g/mol. The van der Waals surface area contributed by atoms with Crippen molar-refractivity contribution in [1.29, 1.82) is 0 Å². The molecule has 5 nitrogen and oxygen atoms in total. The molecule has 0 aliphatic rings. The molecule has 134 valence electrons. The first-order chi connectivity index (χ1) is 11.9. The van der Waals surface area contributed by atoms with E-state index in [1.165, 1.54) is 11.3 Å². The molecule has 8 heteroatoms. The van der Waals surface area contributed by atoms with Crippen molar-refractivity contribution in [3.8, 4) is 0 Å². The molecule has 3 aromatic rings. The third kappa shape index (κ3) is 4.31. The second-order valence-electron chi connectivity index (χ2n) is 6.28. The van der Waals surface area contributed by atoms with Gasteiger partial charge in [0.25, 0.3) is 0 Å². The summed E-state index contributed by atoms with van der Waals surface area (Å²) in [6.07, 6.45) is 4.51. The summed E-state index contributed by atoms with van der Waals surface area (Å²) in [5, 5.41) is 1.08.